The molecule has 0 saturated carbocycles. The van der Waals surface area contributed by atoms with Gasteiger partial charge in [-0.3, -0.25) is 0 Å². The minimum atomic E-state index is 0.683. The van der Waals surface area contributed by atoms with Crippen LogP contribution in [0.15, 0.2) is 0 Å². The predicted octanol–water partition coefficient (Wildman–Crippen LogP) is 2.76. The van der Waals surface area contributed by atoms with E-state index in [1.54, 1.807) is 0 Å². The lowest BCUT2D eigenvalue weighted by Gasteiger charge is -2.15. The van der Waals surface area contributed by atoms with Crippen molar-refractivity contribution in [1.29, 1.82) is 0 Å². The lowest BCUT2D eigenvalue weighted by atomic mass is 10.1. The van der Waals surface area contributed by atoms with Gasteiger partial charge in [-0.1, -0.05) is 20.8 Å². The molecule has 1 unspecified atom stereocenters. The van der Waals surface area contributed by atoms with E-state index in [-0.39, 0.29) is 0 Å². The van der Waals surface area contributed by atoms with Crippen LogP contribution in [-0.2, 0) is 0 Å². The first-order valence-corrected chi connectivity index (χ1v) is 6.13. The Hall–Kier alpha value is 0.310. The Morgan fingerprint density at radius 3 is 2.42 bits per heavy atom. The van der Waals surface area contributed by atoms with Gasteiger partial charge in [-0.05, 0) is 25.0 Å². The van der Waals surface area contributed by atoms with Gasteiger partial charge in [-0.25, -0.2) is 0 Å². The third-order valence-electron chi connectivity index (χ3n) is 1.77. The van der Waals surface area contributed by atoms with E-state index in [2.05, 4.69) is 33.0 Å². The molecule has 0 aliphatic carbocycles. The summed E-state index contributed by atoms with van der Waals surface area (Å²) in [6.45, 7) is 10.2. The molecule has 0 aliphatic rings. The first-order valence-electron chi connectivity index (χ1n) is 4.98. The monoisotopic (exact) mass is 189 g/mol. The molecule has 2 heteroatoms. The molecule has 0 spiro atoms. The van der Waals surface area contributed by atoms with E-state index in [1.807, 2.05) is 11.8 Å². The third-order valence-corrected chi connectivity index (χ3v) is 2.67. The van der Waals surface area contributed by atoms with Gasteiger partial charge < -0.3 is 5.32 Å². The van der Waals surface area contributed by atoms with Crippen LogP contribution in [0.5, 0.6) is 0 Å². The number of thioether (sulfide) groups is 1. The summed E-state index contributed by atoms with van der Waals surface area (Å²) in [4.78, 5) is 0. The largest absolute Gasteiger partial charge is 0.313 e. The summed E-state index contributed by atoms with van der Waals surface area (Å²) in [6.07, 6.45) is 1.29. The molecule has 0 aromatic heterocycles. The smallest absolute Gasteiger partial charge is 0.00580 e. The van der Waals surface area contributed by atoms with Gasteiger partial charge in [0.2, 0.25) is 0 Å². The SMILES string of the molecule is CCSCCNC(C)CC(C)C. The molecule has 1 nitrogen and oxygen atoms in total. The molecule has 0 aromatic carbocycles. The standard InChI is InChI=1S/C10H23NS/c1-5-12-7-6-11-10(4)8-9(2)3/h9-11H,5-8H2,1-4H3. The van der Waals surface area contributed by atoms with Crippen LogP contribution < -0.4 is 5.32 Å². The second-order valence-corrected chi connectivity index (χ2v) is 5.08. The van der Waals surface area contributed by atoms with Gasteiger partial charge in [0, 0.05) is 18.3 Å². The second kappa shape index (κ2) is 7.93. The Morgan fingerprint density at radius 2 is 1.92 bits per heavy atom. The van der Waals surface area contributed by atoms with E-state index >= 15 is 0 Å². The van der Waals surface area contributed by atoms with Gasteiger partial charge in [0.1, 0.15) is 0 Å². The highest BCUT2D eigenvalue weighted by molar-refractivity contribution is 7.99. The van der Waals surface area contributed by atoms with Crippen LogP contribution in [0.3, 0.4) is 0 Å². The molecule has 0 heterocycles. The highest BCUT2D eigenvalue weighted by Gasteiger charge is 2.02. The summed E-state index contributed by atoms with van der Waals surface area (Å²) in [7, 11) is 0. The molecular formula is C10H23NS. The maximum atomic E-state index is 3.53. The van der Waals surface area contributed by atoms with Crippen LogP contribution in [0.4, 0.5) is 0 Å². The van der Waals surface area contributed by atoms with Gasteiger partial charge in [0.05, 0.1) is 0 Å². The lowest BCUT2D eigenvalue weighted by Crippen LogP contribution is -2.29. The molecule has 0 saturated heterocycles. The van der Waals surface area contributed by atoms with Crippen LogP contribution in [0.25, 0.3) is 0 Å². The van der Waals surface area contributed by atoms with Crippen molar-refractivity contribution in [3.05, 3.63) is 0 Å². The van der Waals surface area contributed by atoms with Crippen molar-refractivity contribution in [2.24, 2.45) is 5.92 Å². The number of hydrogen-bond acceptors (Lipinski definition) is 2. The van der Waals surface area contributed by atoms with E-state index < -0.39 is 0 Å². The summed E-state index contributed by atoms with van der Waals surface area (Å²) < 4.78 is 0. The highest BCUT2D eigenvalue weighted by atomic mass is 32.2. The van der Waals surface area contributed by atoms with E-state index in [9.17, 15) is 0 Å². The quantitative estimate of drug-likeness (QED) is 0.618. The Morgan fingerprint density at radius 1 is 1.25 bits per heavy atom. The molecule has 0 radical (unpaired) electrons. The van der Waals surface area contributed by atoms with E-state index in [0.717, 1.165) is 12.5 Å². The molecule has 0 amide bonds. The normalized spacial score (nSPS) is 13.8. The van der Waals surface area contributed by atoms with Crippen molar-refractivity contribution in [2.75, 3.05) is 18.1 Å². The zero-order valence-electron chi connectivity index (χ0n) is 8.89. The molecule has 1 atom stereocenters. The summed E-state index contributed by atoms with van der Waals surface area (Å²) >= 11 is 2.01. The van der Waals surface area contributed by atoms with E-state index in [1.165, 1.54) is 17.9 Å². The minimum absolute atomic E-state index is 0.683. The summed E-state index contributed by atoms with van der Waals surface area (Å²) in [5, 5.41) is 3.53. The Balaban J connectivity index is 3.14. The second-order valence-electron chi connectivity index (χ2n) is 3.68. The molecule has 0 aromatic rings. The van der Waals surface area contributed by atoms with Crippen molar-refractivity contribution in [2.45, 2.75) is 40.2 Å². The molecule has 0 fully saturated rings. The minimum Gasteiger partial charge on any atom is -0.313 e. The average molecular weight is 189 g/mol. The number of hydrogen-bond donors (Lipinski definition) is 1. The molecule has 1 N–H and O–H groups in total. The first kappa shape index (κ1) is 12.3. The van der Waals surface area contributed by atoms with Crippen LogP contribution in [0, 0.1) is 5.92 Å². The molecule has 0 aliphatic heterocycles. The maximum absolute atomic E-state index is 3.53. The van der Waals surface area contributed by atoms with Crippen LogP contribution in [-0.4, -0.2) is 24.1 Å². The van der Waals surface area contributed by atoms with Crippen LogP contribution >= 0.6 is 11.8 Å². The molecular weight excluding hydrogens is 166 g/mol. The van der Waals surface area contributed by atoms with Crippen LogP contribution in [0.1, 0.15) is 34.1 Å². The summed E-state index contributed by atoms with van der Waals surface area (Å²) in [5.74, 6) is 3.30. The van der Waals surface area contributed by atoms with Crippen molar-refractivity contribution >= 4 is 11.8 Å². The third kappa shape index (κ3) is 8.41. The van der Waals surface area contributed by atoms with Gasteiger partial charge in [-0.15, -0.1) is 0 Å². The van der Waals surface area contributed by atoms with Gasteiger partial charge in [0.25, 0.3) is 0 Å². The van der Waals surface area contributed by atoms with Crippen molar-refractivity contribution in [3.8, 4) is 0 Å². The van der Waals surface area contributed by atoms with E-state index in [4.69, 9.17) is 0 Å². The molecule has 12 heavy (non-hydrogen) atoms. The topological polar surface area (TPSA) is 12.0 Å². The zero-order chi connectivity index (χ0) is 9.40. The summed E-state index contributed by atoms with van der Waals surface area (Å²) in [6, 6.07) is 0.683. The van der Waals surface area contributed by atoms with Crippen molar-refractivity contribution < 1.29 is 0 Å². The Labute approximate surface area is 81.7 Å². The summed E-state index contributed by atoms with van der Waals surface area (Å²) in [5.41, 5.74) is 0. The fourth-order valence-corrected chi connectivity index (χ4v) is 1.86. The lowest BCUT2D eigenvalue weighted by molar-refractivity contribution is 0.452. The van der Waals surface area contributed by atoms with Gasteiger partial charge >= 0.3 is 0 Å². The molecule has 0 rings (SSSR count). The van der Waals surface area contributed by atoms with Crippen molar-refractivity contribution in [1.82, 2.24) is 5.32 Å². The Bertz CT molecular complexity index is 93.8. The van der Waals surface area contributed by atoms with Gasteiger partial charge in [-0.2, -0.15) is 11.8 Å². The first-order chi connectivity index (χ1) is 5.66. The van der Waals surface area contributed by atoms with Crippen LogP contribution in [0.2, 0.25) is 0 Å². The van der Waals surface area contributed by atoms with E-state index in [0.29, 0.717) is 6.04 Å². The maximum Gasteiger partial charge on any atom is 0.00580 e. The fourth-order valence-electron chi connectivity index (χ4n) is 1.31. The predicted molar refractivity (Wildman–Crippen MR) is 59.9 cm³/mol. The highest BCUT2D eigenvalue weighted by Crippen LogP contribution is 2.03. The number of nitrogens with one attached hydrogen (secondary N) is 1. The molecule has 0 bridgehead atoms. The van der Waals surface area contributed by atoms with Gasteiger partial charge in [0.15, 0.2) is 0 Å². The number of rotatable bonds is 7. The zero-order valence-corrected chi connectivity index (χ0v) is 9.71. The fraction of sp³-hybridized carbons (Fsp3) is 1.00. The van der Waals surface area contributed by atoms with Crippen molar-refractivity contribution in [3.63, 3.8) is 0 Å². The molecule has 74 valence electrons. The average Bonchev–Trinajstić information content (AvgIpc) is 1.97. The Kier molecular flexibility index (Phi) is 8.14.